The van der Waals surface area contributed by atoms with Crippen LogP contribution in [-0.4, -0.2) is 31.0 Å². The van der Waals surface area contributed by atoms with Crippen molar-refractivity contribution < 1.29 is 40.6 Å². The van der Waals surface area contributed by atoms with Gasteiger partial charge in [-0.1, -0.05) is 0 Å². The lowest BCUT2D eigenvalue weighted by Crippen LogP contribution is -2.32. The molecule has 3 nitrogen and oxygen atoms in total. The van der Waals surface area contributed by atoms with E-state index in [9.17, 15) is 31.1 Å². The molecule has 0 aliphatic carbocycles. The Hall–Kier alpha value is -1.51. The fourth-order valence-corrected chi connectivity index (χ4v) is 1.27. The fraction of sp³-hybridized carbons (Fsp3) is 0.500. The molecule has 0 aromatic heterocycles. The summed E-state index contributed by atoms with van der Waals surface area (Å²) >= 11 is 0. The lowest BCUT2D eigenvalue weighted by Gasteiger charge is -2.24. The monoisotopic (exact) mass is 290 g/mol. The third kappa shape index (κ3) is 3.72. The first-order valence-corrected chi connectivity index (χ1v) is 4.96. The lowest BCUT2D eigenvalue weighted by molar-refractivity contribution is -0.180. The number of hydrogen-bond donors (Lipinski definition) is 0. The van der Waals surface area contributed by atoms with Crippen LogP contribution in [-0.2, 0) is 14.3 Å². The van der Waals surface area contributed by atoms with Gasteiger partial charge in [0.25, 0.3) is 5.78 Å². The Morgan fingerprint density at radius 2 is 1.89 bits per heavy atom. The second-order valence-corrected chi connectivity index (χ2v) is 3.37. The third-order valence-corrected chi connectivity index (χ3v) is 1.99. The zero-order valence-electron chi connectivity index (χ0n) is 9.43. The van der Waals surface area contributed by atoms with E-state index in [1.54, 1.807) is 0 Å². The highest BCUT2D eigenvalue weighted by molar-refractivity contribution is 6.02. The SMILES string of the molecule is CCOC1C=CC(C(=O)C(F)(F)F)=C(C(F)(F)F)O1. The summed E-state index contributed by atoms with van der Waals surface area (Å²) in [5.74, 6) is -4.62. The number of hydrogen-bond acceptors (Lipinski definition) is 3. The molecule has 0 aromatic carbocycles. The van der Waals surface area contributed by atoms with E-state index < -0.39 is 35.8 Å². The quantitative estimate of drug-likeness (QED) is 0.750. The van der Waals surface area contributed by atoms with Crippen molar-refractivity contribution in [2.75, 3.05) is 6.61 Å². The van der Waals surface area contributed by atoms with E-state index in [1.165, 1.54) is 6.92 Å². The van der Waals surface area contributed by atoms with Crippen molar-refractivity contribution in [1.82, 2.24) is 0 Å². The average Bonchev–Trinajstić information content (AvgIpc) is 2.26. The van der Waals surface area contributed by atoms with Gasteiger partial charge in [-0.05, 0) is 19.1 Å². The van der Waals surface area contributed by atoms with Crippen molar-refractivity contribution >= 4 is 5.78 Å². The third-order valence-electron chi connectivity index (χ3n) is 1.99. The van der Waals surface area contributed by atoms with Gasteiger partial charge in [0, 0.05) is 6.61 Å². The Balaban J connectivity index is 3.17. The number of ketones is 1. The zero-order chi connectivity index (χ0) is 14.8. The van der Waals surface area contributed by atoms with Crippen LogP contribution in [0.4, 0.5) is 26.3 Å². The van der Waals surface area contributed by atoms with Gasteiger partial charge in [0.05, 0.1) is 5.57 Å². The predicted octanol–water partition coefficient (Wildman–Crippen LogP) is 2.88. The molecule has 0 fully saturated rings. The van der Waals surface area contributed by atoms with Crippen molar-refractivity contribution in [3.8, 4) is 0 Å². The number of alkyl halides is 6. The van der Waals surface area contributed by atoms with Crippen LogP contribution in [0.5, 0.6) is 0 Å². The molecule has 0 saturated heterocycles. The topological polar surface area (TPSA) is 35.5 Å². The van der Waals surface area contributed by atoms with Gasteiger partial charge in [0.15, 0.2) is 0 Å². The molecule has 0 saturated carbocycles. The van der Waals surface area contributed by atoms with Crippen LogP contribution in [0.15, 0.2) is 23.5 Å². The normalized spacial score (nSPS) is 20.5. The molecule has 1 atom stereocenters. The molecule has 108 valence electrons. The van der Waals surface area contributed by atoms with Gasteiger partial charge in [0.1, 0.15) is 0 Å². The van der Waals surface area contributed by atoms with Crippen LogP contribution in [0.1, 0.15) is 6.92 Å². The first-order chi connectivity index (χ1) is 8.57. The minimum absolute atomic E-state index is 0.0112. The van der Waals surface area contributed by atoms with Crippen molar-refractivity contribution in [1.29, 1.82) is 0 Å². The van der Waals surface area contributed by atoms with E-state index in [0.29, 0.717) is 6.08 Å². The molecule has 1 unspecified atom stereocenters. The van der Waals surface area contributed by atoms with Gasteiger partial charge < -0.3 is 9.47 Å². The van der Waals surface area contributed by atoms with Gasteiger partial charge in [-0.15, -0.1) is 0 Å². The Labute approximate surface area is 103 Å². The number of carbonyl (C=O) groups is 1. The Kier molecular flexibility index (Phi) is 4.28. The van der Waals surface area contributed by atoms with E-state index in [1.807, 2.05) is 0 Å². The van der Waals surface area contributed by atoms with Crippen molar-refractivity contribution in [2.24, 2.45) is 0 Å². The summed E-state index contributed by atoms with van der Waals surface area (Å²) in [6.07, 6.45) is -10.9. The summed E-state index contributed by atoms with van der Waals surface area (Å²) in [6, 6.07) is 0. The first kappa shape index (κ1) is 15.5. The number of Topliss-reactive ketones (excluding diaryl/α,β-unsaturated/α-hetero) is 1. The molecule has 0 spiro atoms. The van der Waals surface area contributed by atoms with Gasteiger partial charge in [-0.3, -0.25) is 4.79 Å². The van der Waals surface area contributed by atoms with Crippen molar-refractivity contribution in [3.05, 3.63) is 23.5 Å². The van der Waals surface area contributed by atoms with E-state index in [0.717, 1.165) is 6.08 Å². The lowest BCUT2D eigenvalue weighted by atomic mass is 10.1. The number of carbonyl (C=O) groups excluding carboxylic acids is 1. The Morgan fingerprint density at radius 3 is 2.32 bits per heavy atom. The van der Waals surface area contributed by atoms with E-state index in [2.05, 4.69) is 9.47 Å². The molecule has 0 radical (unpaired) electrons. The minimum atomic E-state index is -5.42. The largest absolute Gasteiger partial charge is 0.455 e. The molecule has 1 aliphatic rings. The summed E-state index contributed by atoms with van der Waals surface area (Å²) in [5, 5.41) is 0. The molecule has 0 N–H and O–H groups in total. The van der Waals surface area contributed by atoms with Crippen LogP contribution >= 0.6 is 0 Å². The Morgan fingerprint density at radius 1 is 1.32 bits per heavy atom. The highest BCUT2D eigenvalue weighted by Gasteiger charge is 2.48. The van der Waals surface area contributed by atoms with Gasteiger partial charge in [-0.25, -0.2) is 0 Å². The van der Waals surface area contributed by atoms with E-state index in [-0.39, 0.29) is 6.61 Å². The van der Waals surface area contributed by atoms with Crippen LogP contribution < -0.4 is 0 Å². The standard InChI is InChI=1S/C10H8F6O3/c1-2-18-6-4-3-5(7(17)9(11,12)13)8(19-6)10(14,15)16/h3-4,6H,2H2,1H3. The summed E-state index contributed by atoms with van der Waals surface area (Å²) < 4.78 is 83.1. The van der Waals surface area contributed by atoms with Crippen LogP contribution in [0.2, 0.25) is 0 Å². The molecule has 1 aliphatic heterocycles. The highest BCUT2D eigenvalue weighted by Crippen LogP contribution is 2.36. The second kappa shape index (κ2) is 5.24. The molecule has 0 aromatic rings. The highest BCUT2D eigenvalue weighted by atomic mass is 19.4. The van der Waals surface area contributed by atoms with E-state index in [4.69, 9.17) is 0 Å². The summed E-state index contributed by atoms with van der Waals surface area (Å²) in [6.45, 7) is 1.45. The predicted molar refractivity (Wildman–Crippen MR) is 49.8 cm³/mol. The molecule has 9 heteroatoms. The molecule has 1 heterocycles. The zero-order valence-corrected chi connectivity index (χ0v) is 9.43. The second-order valence-electron chi connectivity index (χ2n) is 3.37. The minimum Gasteiger partial charge on any atom is -0.455 e. The maximum Gasteiger partial charge on any atom is 0.455 e. The van der Waals surface area contributed by atoms with Gasteiger partial charge in [0.2, 0.25) is 12.0 Å². The molecule has 0 bridgehead atoms. The fourth-order valence-electron chi connectivity index (χ4n) is 1.27. The summed E-state index contributed by atoms with van der Waals surface area (Å²) in [5.41, 5.74) is -1.59. The molecular formula is C10H8F6O3. The smallest absolute Gasteiger partial charge is 0.455 e. The van der Waals surface area contributed by atoms with E-state index >= 15 is 0 Å². The molecule has 0 amide bonds. The molecule has 19 heavy (non-hydrogen) atoms. The summed E-state index contributed by atoms with van der Waals surface area (Å²) in [7, 11) is 0. The van der Waals surface area contributed by atoms with Crippen LogP contribution in [0.25, 0.3) is 0 Å². The maximum absolute atomic E-state index is 12.6. The van der Waals surface area contributed by atoms with Crippen LogP contribution in [0.3, 0.4) is 0 Å². The average molecular weight is 290 g/mol. The van der Waals surface area contributed by atoms with Crippen molar-refractivity contribution in [2.45, 2.75) is 25.6 Å². The number of rotatable bonds is 3. The number of allylic oxidation sites excluding steroid dienone is 3. The maximum atomic E-state index is 12.6. The number of halogens is 6. The van der Waals surface area contributed by atoms with Gasteiger partial charge in [-0.2, -0.15) is 26.3 Å². The Bertz CT molecular complexity index is 418. The molecular weight excluding hydrogens is 282 g/mol. The number of ether oxygens (including phenoxy) is 2. The summed E-state index contributed by atoms with van der Waals surface area (Å²) in [4.78, 5) is 10.9. The first-order valence-electron chi connectivity index (χ1n) is 4.96. The molecule has 1 rings (SSSR count). The van der Waals surface area contributed by atoms with Crippen LogP contribution in [0, 0.1) is 0 Å². The van der Waals surface area contributed by atoms with Gasteiger partial charge >= 0.3 is 12.4 Å². The van der Waals surface area contributed by atoms with Crippen molar-refractivity contribution in [3.63, 3.8) is 0 Å².